The zero-order valence-corrected chi connectivity index (χ0v) is 11.6. The molecule has 2 aromatic rings. The Morgan fingerprint density at radius 1 is 1.30 bits per heavy atom. The summed E-state index contributed by atoms with van der Waals surface area (Å²) in [5, 5.41) is 0. The molecule has 20 heavy (non-hydrogen) atoms. The lowest BCUT2D eigenvalue weighted by atomic mass is 10.2. The van der Waals surface area contributed by atoms with Crippen LogP contribution in [0.4, 0.5) is 5.82 Å². The lowest BCUT2D eigenvalue weighted by molar-refractivity contribution is 0.414. The Balaban J connectivity index is 2.11. The number of hydrogen-bond donors (Lipinski definition) is 2. The van der Waals surface area contributed by atoms with Crippen molar-refractivity contribution in [3.05, 3.63) is 42.4 Å². The summed E-state index contributed by atoms with van der Waals surface area (Å²) in [4.78, 5) is 7.19. The van der Waals surface area contributed by atoms with Crippen LogP contribution in [0.15, 0.2) is 41.7 Å². The van der Waals surface area contributed by atoms with Crippen molar-refractivity contribution in [1.82, 2.24) is 14.7 Å². The highest BCUT2D eigenvalue weighted by Gasteiger charge is 2.18. The van der Waals surface area contributed by atoms with Gasteiger partial charge in [0.15, 0.2) is 0 Å². The van der Waals surface area contributed by atoms with E-state index in [9.17, 15) is 8.42 Å². The summed E-state index contributed by atoms with van der Waals surface area (Å²) < 4.78 is 31.6. The molecule has 0 aliphatic rings. The molecule has 0 aliphatic heterocycles. The van der Waals surface area contributed by atoms with Crippen molar-refractivity contribution < 1.29 is 13.2 Å². The van der Waals surface area contributed by atoms with E-state index in [0.717, 1.165) is 5.56 Å². The largest absolute Gasteiger partial charge is 0.497 e. The average Bonchev–Trinajstić information content (AvgIpc) is 2.46. The Kier molecular flexibility index (Phi) is 4.16. The van der Waals surface area contributed by atoms with Gasteiger partial charge in [0.2, 0.25) is 10.0 Å². The fraction of sp³-hybridized carbons (Fsp3) is 0.167. The third kappa shape index (κ3) is 3.22. The maximum Gasteiger partial charge on any atom is 0.246 e. The molecule has 0 saturated heterocycles. The van der Waals surface area contributed by atoms with E-state index in [1.54, 1.807) is 31.4 Å². The number of anilines is 1. The highest BCUT2D eigenvalue weighted by atomic mass is 32.2. The van der Waals surface area contributed by atoms with E-state index < -0.39 is 10.0 Å². The first-order chi connectivity index (χ1) is 9.53. The molecule has 0 saturated carbocycles. The van der Waals surface area contributed by atoms with E-state index in [0.29, 0.717) is 5.75 Å². The van der Waals surface area contributed by atoms with Crippen molar-refractivity contribution in [2.75, 3.05) is 12.8 Å². The van der Waals surface area contributed by atoms with E-state index in [-0.39, 0.29) is 17.3 Å². The lowest BCUT2D eigenvalue weighted by Crippen LogP contribution is -2.24. The molecule has 106 valence electrons. The summed E-state index contributed by atoms with van der Waals surface area (Å²) in [5.74, 6) is 0.625. The van der Waals surface area contributed by atoms with Crippen molar-refractivity contribution in [1.29, 1.82) is 0 Å². The van der Waals surface area contributed by atoms with Gasteiger partial charge in [0.1, 0.15) is 22.8 Å². The van der Waals surface area contributed by atoms with Crippen LogP contribution in [0.3, 0.4) is 0 Å². The first-order valence-corrected chi connectivity index (χ1v) is 7.19. The molecule has 0 fully saturated rings. The number of nitrogen functional groups attached to an aromatic ring is 1. The minimum atomic E-state index is -3.74. The van der Waals surface area contributed by atoms with Crippen molar-refractivity contribution in [3.63, 3.8) is 0 Å². The summed E-state index contributed by atoms with van der Waals surface area (Å²) in [7, 11) is -2.17. The third-order valence-electron chi connectivity index (χ3n) is 2.62. The predicted octanol–water partition coefficient (Wildman–Crippen LogP) is 0.546. The van der Waals surface area contributed by atoms with Gasteiger partial charge in [-0.15, -0.1) is 0 Å². The van der Waals surface area contributed by atoms with Crippen LogP contribution >= 0.6 is 0 Å². The molecule has 1 heterocycles. The third-order valence-corrected chi connectivity index (χ3v) is 4.04. The Morgan fingerprint density at radius 2 is 2.00 bits per heavy atom. The van der Waals surface area contributed by atoms with Gasteiger partial charge in [-0.05, 0) is 17.7 Å². The number of benzene rings is 1. The zero-order chi connectivity index (χ0) is 14.6. The Hall–Kier alpha value is -2.19. The molecule has 3 N–H and O–H groups in total. The van der Waals surface area contributed by atoms with Crippen molar-refractivity contribution >= 4 is 15.8 Å². The molecule has 2 rings (SSSR count). The first-order valence-electron chi connectivity index (χ1n) is 5.71. The highest BCUT2D eigenvalue weighted by molar-refractivity contribution is 7.89. The Labute approximate surface area is 116 Å². The number of rotatable bonds is 5. The number of hydrogen-bond acceptors (Lipinski definition) is 6. The number of nitrogens with zero attached hydrogens (tertiary/aromatic N) is 2. The van der Waals surface area contributed by atoms with Crippen LogP contribution in [0.25, 0.3) is 0 Å². The van der Waals surface area contributed by atoms with E-state index >= 15 is 0 Å². The molecule has 0 amide bonds. The van der Waals surface area contributed by atoms with Gasteiger partial charge < -0.3 is 10.5 Å². The van der Waals surface area contributed by atoms with Gasteiger partial charge in [0, 0.05) is 6.54 Å². The molecular weight excluding hydrogens is 280 g/mol. The van der Waals surface area contributed by atoms with Gasteiger partial charge in [-0.1, -0.05) is 12.1 Å². The standard InChI is InChI=1S/C12H14N4O3S/c1-19-10-4-2-9(3-5-10)6-16-20(17,18)11-7-14-8-15-12(11)13/h2-5,7-8,16H,6H2,1H3,(H2,13,14,15). The van der Waals surface area contributed by atoms with E-state index in [1.807, 2.05) is 0 Å². The minimum absolute atomic E-state index is 0.0813. The van der Waals surface area contributed by atoms with Gasteiger partial charge in [-0.2, -0.15) is 0 Å². The van der Waals surface area contributed by atoms with E-state index in [4.69, 9.17) is 10.5 Å². The van der Waals surface area contributed by atoms with E-state index in [1.165, 1.54) is 12.5 Å². The van der Waals surface area contributed by atoms with Crippen molar-refractivity contribution in [2.24, 2.45) is 0 Å². The molecule has 0 unspecified atom stereocenters. The highest BCUT2D eigenvalue weighted by Crippen LogP contribution is 2.15. The number of methoxy groups -OCH3 is 1. The summed E-state index contributed by atoms with van der Waals surface area (Å²) in [6, 6.07) is 7.05. The minimum Gasteiger partial charge on any atom is -0.497 e. The normalized spacial score (nSPS) is 11.2. The van der Waals surface area contributed by atoms with Crippen LogP contribution < -0.4 is 15.2 Å². The van der Waals surface area contributed by atoms with Crippen LogP contribution in [-0.4, -0.2) is 25.5 Å². The fourth-order valence-corrected chi connectivity index (χ4v) is 2.57. The predicted molar refractivity (Wildman–Crippen MR) is 73.5 cm³/mol. The molecule has 1 aromatic carbocycles. The summed E-state index contributed by atoms with van der Waals surface area (Å²) in [6.45, 7) is 0.140. The van der Waals surface area contributed by atoms with Crippen molar-refractivity contribution in [2.45, 2.75) is 11.4 Å². The second-order valence-corrected chi connectivity index (χ2v) is 5.68. The fourth-order valence-electron chi connectivity index (χ4n) is 1.53. The molecule has 0 spiro atoms. The average molecular weight is 294 g/mol. The maximum absolute atomic E-state index is 12.1. The van der Waals surface area contributed by atoms with Gasteiger partial charge in [-0.3, -0.25) is 0 Å². The quantitative estimate of drug-likeness (QED) is 0.833. The molecule has 7 nitrogen and oxygen atoms in total. The number of nitrogens with two attached hydrogens (primary N) is 1. The first kappa shape index (κ1) is 14.2. The molecule has 1 aromatic heterocycles. The lowest BCUT2D eigenvalue weighted by Gasteiger charge is -2.08. The molecule has 0 aliphatic carbocycles. The second kappa shape index (κ2) is 5.85. The second-order valence-electron chi connectivity index (χ2n) is 3.94. The SMILES string of the molecule is COc1ccc(CNS(=O)(=O)c2cncnc2N)cc1. The Morgan fingerprint density at radius 3 is 2.60 bits per heavy atom. The van der Waals surface area contributed by atoms with Crippen LogP contribution in [-0.2, 0) is 16.6 Å². The zero-order valence-electron chi connectivity index (χ0n) is 10.8. The smallest absolute Gasteiger partial charge is 0.246 e. The molecule has 0 bridgehead atoms. The monoisotopic (exact) mass is 294 g/mol. The van der Waals surface area contributed by atoms with Gasteiger partial charge in [0.05, 0.1) is 13.3 Å². The number of ether oxygens (including phenoxy) is 1. The summed E-state index contributed by atoms with van der Waals surface area (Å²) >= 11 is 0. The summed E-state index contributed by atoms with van der Waals surface area (Å²) in [5.41, 5.74) is 6.32. The van der Waals surface area contributed by atoms with Crippen LogP contribution in [0, 0.1) is 0 Å². The molecule has 8 heteroatoms. The number of sulfonamides is 1. The maximum atomic E-state index is 12.1. The number of aromatic nitrogens is 2. The summed E-state index contributed by atoms with van der Waals surface area (Å²) in [6.07, 6.45) is 2.36. The van der Waals surface area contributed by atoms with Crippen molar-refractivity contribution in [3.8, 4) is 5.75 Å². The van der Waals surface area contributed by atoms with Gasteiger partial charge >= 0.3 is 0 Å². The number of nitrogens with one attached hydrogen (secondary N) is 1. The Bertz CT molecular complexity index is 686. The van der Waals surface area contributed by atoms with Gasteiger partial charge in [-0.25, -0.2) is 23.1 Å². The van der Waals surface area contributed by atoms with E-state index in [2.05, 4.69) is 14.7 Å². The molecule has 0 radical (unpaired) electrons. The van der Waals surface area contributed by atoms with Gasteiger partial charge in [0.25, 0.3) is 0 Å². The topological polar surface area (TPSA) is 107 Å². The molecular formula is C12H14N4O3S. The molecule has 0 atom stereocenters. The van der Waals surface area contributed by atoms with Crippen LogP contribution in [0.2, 0.25) is 0 Å². The van der Waals surface area contributed by atoms with Crippen LogP contribution in [0.1, 0.15) is 5.56 Å². The van der Waals surface area contributed by atoms with Crippen LogP contribution in [0.5, 0.6) is 5.75 Å².